The zero-order valence-corrected chi connectivity index (χ0v) is 6.74. The van der Waals surface area contributed by atoms with Gasteiger partial charge in [0.2, 0.25) is 0 Å². The summed E-state index contributed by atoms with van der Waals surface area (Å²) in [7, 11) is 0. The monoisotopic (exact) mass is 156 g/mol. The van der Waals surface area contributed by atoms with E-state index in [2.05, 4.69) is 4.74 Å². The lowest BCUT2D eigenvalue weighted by Gasteiger charge is -1.89. The van der Waals surface area contributed by atoms with Crippen LogP contribution in [0, 0.1) is 0 Å². The van der Waals surface area contributed by atoms with Crippen molar-refractivity contribution in [3.63, 3.8) is 0 Å². The Morgan fingerprint density at radius 3 is 2.55 bits per heavy atom. The fourth-order valence-corrected chi connectivity index (χ4v) is 0.378. The number of esters is 1. The van der Waals surface area contributed by atoms with Gasteiger partial charge in [0, 0.05) is 6.92 Å². The van der Waals surface area contributed by atoms with Gasteiger partial charge in [0.15, 0.2) is 0 Å². The molecule has 0 aliphatic rings. The van der Waals surface area contributed by atoms with Crippen LogP contribution in [0.25, 0.3) is 0 Å². The molecular formula is C8H12O3. The van der Waals surface area contributed by atoms with Gasteiger partial charge >= 0.3 is 5.97 Å². The van der Waals surface area contributed by atoms with Crippen LogP contribution >= 0.6 is 0 Å². The highest BCUT2D eigenvalue weighted by Crippen LogP contribution is 1.82. The Morgan fingerprint density at radius 2 is 2.00 bits per heavy atom. The van der Waals surface area contributed by atoms with Crippen molar-refractivity contribution < 1.29 is 14.3 Å². The molecule has 0 unspecified atom stereocenters. The van der Waals surface area contributed by atoms with Crippen molar-refractivity contribution in [1.29, 1.82) is 0 Å². The summed E-state index contributed by atoms with van der Waals surface area (Å²) in [6, 6.07) is 0. The summed E-state index contributed by atoms with van der Waals surface area (Å²) < 4.78 is 9.36. The van der Waals surface area contributed by atoms with E-state index in [1.165, 1.54) is 19.4 Å². The van der Waals surface area contributed by atoms with Gasteiger partial charge in [-0.2, -0.15) is 0 Å². The molecule has 0 rings (SSSR count). The Hall–Kier alpha value is -1.25. The van der Waals surface area contributed by atoms with Crippen molar-refractivity contribution in [3.8, 4) is 0 Å². The lowest BCUT2D eigenvalue weighted by Crippen LogP contribution is -1.88. The molecule has 0 radical (unpaired) electrons. The zero-order valence-electron chi connectivity index (χ0n) is 6.74. The normalized spacial score (nSPS) is 10.7. The highest BCUT2D eigenvalue weighted by molar-refractivity contribution is 5.66. The second-order valence-corrected chi connectivity index (χ2v) is 1.72. The summed E-state index contributed by atoms with van der Waals surface area (Å²) >= 11 is 0. The highest BCUT2D eigenvalue weighted by atomic mass is 16.5. The Kier molecular flexibility index (Phi) is 6.08. The standard InChI is InChI=1S/C8H12O3/c1-3-10-6-4-5-7-11-8(2)9/h4-7H,3H2,1-2H3. The van der Waals surface area contributed by atoms with E-state index in [0.29, 0.717) is 6.61 Å². The van der Waals surface area contributed by atoms with Gasteiger partial charge in [0.1, 0.15) is 0 Å². The van der Waals surface area contributed by atoms with Crippen molar-refractivity contribution in [2.24, 2.45) is 0 Å². The fourth-order valence-electron chi connectivity index (χ4n) is 0.378. The molecule has 0 aliphatic carbocycles. The zero-order chi connectivity index (χ0) is 8.53. The minimum atomic E-state index is -0.328. The fraction of sp³-hybridized carbons (Fsp3) is 0.375. The first-order valence-corrected chi connectivity index (χ1v) is 3.38. The summed E-state index contributed by atoms with van der Waals surface area (Å²) in [4.78, 5) is 10.2. The SMILES string of the molecule is CCOC=CC=COC(C)=O. The van der Waals surface area contributed by atoms with Crippen molar-refractivity contribution in [2.75, 3.05) is 6.61 Å². The predicted octanol–water partition coefficient (Wildman–Crippen LogP) is 1.61. The van der Waals surface area contributed by atoms with E-state index in [9.17, 15) is 4.79 Å². The second-order valence-electron chi connectivity index (χ2n) is 1.72. The molecule has 0 saturated carbocycles. The molecule has 0 aromatic heterocycles. The van der Waals surface area contributed by atoms with Gasteiger partial charge in [-0.15, -0.1) is 0 Å². The molecule has 0 N–H and O–H groups in total. The summed E-state index contributed by atoms with van der Waals surface area (Å²) in [5.41, 5.74) is 0. The third kappa shape index (κ3) is 8.75. The number of rotatable bonds is 4. The van der Waals surface area contributed by atoms with Crippen LogP contribution in [0.4, 0.5) is 0 Å². The van der Waals surface area contributed by atoms with E-state index in [-0.39, 0.29) is 5.97 Å². The minimum Gasteiger partial charge on any atom is -0.501 e. The van der Waals surface area contributed by atoms with Gasteiger partial charge in [-0.3, -0.25) is 4.79 Å². The first-order valence-electron chi connectivity index (χ1n) is 3.38. The molecule has 0 bridgehead atoms. The topological polar surface area (TPSA) is 35.5 Å². The number of carbonyl (C=O) groups excluding carboxylic acids is 1. The van der Waals surface area contributed by atoms with Crippen LogP contribution in [0.2, 0.25) is 0 Å². The summed E-state index contributed by atoms with van der Waals surface area (Å²) in [5.74, 6) is -0.328. The minimum absolute atomic E-state index is 0.328. The van der Waals surface area contributed by atoms with Crippen LogP contribution in [0.3, 0.4) is 0 Å². The highest BCUT2D eigenvalue weighted by Gasteiger charge is 1.81. The summed E-state index contributed by atoms with van der Waals surface area (Å²) in [6.07, 6.45) is 6.06. The van der Waals surface area contributed by atoms with Crippen molar-refractivity contribution >= 4 is 5.97 Å². The third-order valence-electron chi connectivity index (χ3n) is 0.765. The Morgan fingerprint density at radius 1 is 1.36 bits per heavy atom. The first-order chi connectivity index (χ1) is 5.27. The Balaban J connectivity index is 3.36. The maximum absolute atomic E-state index is 10.2. The Bertz CT molecular complexity index is 159. The van der Waals surface area contributed by atoms with Gasteiger partial charge in [-0.1, -0.05) is 0 Å². The average molecular weight is 156 g/mol. The van der Waals surface area contributed by atoms with Crippen molar-refractivity contribution in [2.45, 2.75) is 13.8 Å². The molecule has 0 atom stereocenters. The molecule has 0 aliphatic heterocycles. The lowest BCUT2D eigenvalue weighted by molar-refractivity contribution is -0.135. The molecule has 0 saturated heterocycles. The molecular weight excluding hydrogens is 144 g/mol. The molecule has 0 heterocycles. The van der Waals surface area contributed by atoms with E-state index >= 15 is 0 Å². The van der Waals surface area contributed by atoms with Crippen LogP contribution in [-0.2, 0) is 14.3 Å². The second kappa shape index (κ2) is 6.86. The number of carbonyl (C=O) groups is 1. The quantitative estimate of drug-likeness (QED) is 0.352. The van der Waals surface area contributed by atoms with Gasteiger partial charge in [0.25, 0.3) is 0 Å². The predicted molar refractivity (Wildman–Crippen MR) is 41.7 cm³/mol. The molecule has 62 valence electrons. The largest absolute Gasteiger partial charge is 0.501 e. The third-order valence-corrected chi connectivity index (χ3v) is 0.765. The molecule has 0 spiro atoms. The number of allylic oxidation sites excluding steroid dienone is 2. The number of hydrogen-bond donors (Lipinski definition) is 0. The lowest BCUT2D eigenvalue weighted by atomic mass is 10.6. The van der Waals surface area contributed by atoms with E-state index in [1.807, 2.05) is 6.92 Å². The summed E-state index contributed by atoms with van der Waals surface area (Å²) in [5, 5.41) is 0. The van der Waals surface area contributed by atoms with Gasteiger partial charge in [-0.25, -0.2) is 0 Å². The summed E-state index contributed by atoms with van der Waals surface area (Å²) in [6.45, 7) is 3.87. The molecule has 0 amide bonds. The maximum Gasteiger partial charge on any atom is 0.307 e. The van der Waals surface area contributed by atoms with Crippen LogP contribution in [0.15, 0.2) is 24.7 Å². The van der Waals surface area contributed by atoms with Gasteiger partial charge < -0.3 is 9.47 Å². The van der Waals surface area contributed by atoms with E-state index in [0.717, 1.165) is 0 Å². The first kappa shape index (κ1) is 9.75. The average Bonchev–Trinajstić information content (AvgIpc) is 1.96. The van der Waals surface area contributed by atoms with Crippen LogP contribution < -0.4 is 0 Å². The molecule has 3 nitrogen and oxygen atoms in total. The van der Waals surface area contributed by atoms with E-state index < -0.39 is 0 Å². The van der Waals surface area contributed by atoms with Crippen molar-refractivity contribution in [3.05, 3.63) is 24.7 Å². The molecule has 0 aromatic carbocycles. The Labute approximate surface area is 66.3 Å². The maximum atomic E-state index is 10.2. The van der Waals surface area contributed by atoms with Crippen molar-refractivity contribution in [1.82, 2.24) is 0 Å². The van der Waals surface area contributed by atoms with Crippen LogP contribution in [0.5, 0.6) is 0 Å². The van der Waals surface area contributed by atoms with E-state index in [1.54, 1.807) is 12.2 Å². The molecule has 11 heavy (non-hydrogen) atoms. The smallest absolute Gasteiger partial charge is 0.307 e. The van der Waals surface area contributed by atoms with Crippen LogP contribution in [0.1, 0.15) is 13.8 Å². The van der Waals surface area contributed by atoms with Gasteiger partial charge in [0.05, 0.1) is 19.1 Å². The number of hydrogen-bond acceptors (Lipinski definition) is 3. The molecule has 0 aromatic rings. The van der Waals surface area contributed by atoms with Crippen LogP contribution in [-0.4, -0.2) is 12.6 Å². The number of ether oxygens (including phenoxy) is 2. The van der Waals surface area contributed by atoms with E-state index in [4.69, 9.17) is 4.74 Å². The molecule has 3 heteroatoms. The molecule has 0 fully saturated rings. The van der Waals surface area contributed by atoms with Gasteiger partial charge in [-0.05, 0) is 19.1 Å².